The Morgan fingerprint density at radius 2 is 1.89 bits per heavy atom. The Balaban J connectivity index is 1.40. The molecule has 1 heterocycles. The van der Waals surface area contributed by atoms with Gasteiger partial charge >= 0.3 is 0 Å². The Morgan fingerprint density at radius 3 is 2.68 bits per heavy atom. The summed E-state index contributed by atoms with van der Waals surface area (Å²) in [4.78, 5) is 2.25. The lowest BCUT2D eigenvalue weighted by molar-refractivity contribution is 0.0451. The number of nitrogens with zero attached hydrogens (tertiary/aromatic N) is 1. The molecular weight excluding hydrogens is 361 g/mol. The number of hydrogen-bond donors (Lipinski definition) is 1. The van der Waals surface area contributed by atoms with Gasteiger partial charge in [-0.15, -0.1) is 0 Å². The van der Waals surface area contributed by atoms with Crippen molar-refractivity contribution in [3.63, 3.8) is 0 Å². The lowest BCUT2D eigenvalue weighted by Gasteiger charge is -2.33. The first-order chi connectivity index (χ1) is 13.6. The fraction of sp³-hybridized carbons (Fsp3) is 0.455. The van der Waals surface area contributed by atoms with Gasteiger partial charge in [0.25, 0.3) is 0 Å². The van der Waals surface area contributed by atoms with Gasteiger partial charge in [0, 0.05) is 25.1 Å². The molecule has 2 aromatic rings. The predicted octanol–water partition coefficient (Wildman–Crippen LogP) is 3.37. The average molecular weight is 389 g/mol. The van der Waals surface area contributed by atoms with Gasteiger partial charge in [0.2, 0.25) is 0 Å². The SMILES string of the molecule is COc1cccc(OCC(O)CN2CCCC(COc3ccc(F)cc3)C2)c1. The van der Waals surface area contributed by atoms with Crippen molar-refractivity contribution in [3.8, 4) is 17.2 Å². The van der Waals surface area contributed by atoms with Crippen LogP contribution in [0, 0.1) is 11.7 Å². The molecule has 1 fully saturated rings. The smallest absolute Gasteiger partial charge is 0.123 e. The highest BCUT2D eigenvalue weighted by Crippen LogP contribution is 2.21. The summed E-state index contributed by atoms with van der Waals surface area (Å²) in [5.74, 6) is 2.23. The normalized spacial score (nSPS) is 18.5. The molecule has 3 rings (SSSR count). The van der Waals surface area contributed by atoms with E-state index in [9.17, 15) is 9.50 Å². The molecule has 2 atom stereocenters. The van der Waals surface area contributed by atoms with Crippen LogP contribution in [-0.2, 0) is 0 Å². The molecule has 1 saturated heterocycles. The summed E-state index contributed by atoms with van der Waals surface area (Å²) in [6, 6.07) is 13.5. The molecule has 2 unspecified atom stereocenters. The van der Waals surface area contributed by atoms with E-state index in [2.05, 4.69) is 4.90 Å². The summed E-state index contributed by atoms with van der Waals surface area (Å²) in [6.45, 7) is 3.23. The van der Waals surface area contributed by atoms with E-state index >= 15 is 0 Å². The zero-order chi connectivity index (χ0) is 19.8. The van der Waals surface area contributed by atoms with Crippen LogP contribution in [-0.4, -0.2) is 56.1 Å². The van der Waals surface area contributed by atoms with E-state index in [0.29, 0.717) is 30.6 Å². The molecule has 152 valence electrons. The summed E-state index contributed by atoms with van der Waals surface area (Å²) in [7, 11) is 1.61. The van der Waals surface area contributed by atoms with Gasteiger partial charge in [0.1, 0.15) is 35.8 Å². The second-order valence-corrected chi connectivity index (χ2v) is 7.18. The number of halogens is 1. The van der Waals surface area contributed by atoms with E-state index < -0.39 is 6.10 Å². The highest BCUT2D eigenvalue weighted by Gasteiger charge is 2.22. The molecule has 28 heavy (non-hydrogen) atoms. The van der Waals surface area contributed by atoms with Crippen LogP contribution in [0.1, 0.15) is 12.8 Å². The van der Waals surface area contributed by atoms with Gasteiger partial charge in [-0.3, -0.25) is 0 Å². The van der Waals surface area contributed by atoms with E-state index in [4.69, 9.17) is 14.2 Å². The maximum Gasteiger partial charge on any atom is 0.123 e. The molecule has 6 heteroatoms. The molecule has 2 aromatic carbocycles. The minimum atomic E-state index is -0.567. The molecule has 1 N–H and O–H groups in total. The van der Waals surface area contributed by atoms with Crippen LogP contribution in [0.3, 0.4) is 0 Å². The number of aliphatic hydroxyl groups is 1. The number of β-amino-alcohol motifs (C(OH)–C–C–N with tert-alkyl or cyclic N) is 1. The largest absolute Gasteiger partial charge is 0.497 e. The predicted molar refractivity (Wildman–Crippen MR) is 106 cm³/mol. The van der Waals surface area contributed by atoms with E-state index in [1.165, 1.54) is 12.1 Å². The third-order valence-corrected chi connectivity index (χ3v) is 4.85. The fourth-order valence-electron chi connectivity index (χ4n) is 3.43. The van der Waals surface area contributed by atoms with Gasteiger partial charge in [-0.2, -0.15) is 0 Å². The first kappa shape index (κ1) is 20.4. The molecule has 0 spiro atoms. The number of aliphatic hydroxyl groups excluding tert-OH is 1. The Morgan fingerprint density at radius 1 is 1.11 bits per heavy atom. The molecule has 0 radical (unpaired) electrons. The van der Waals surface area contributed by atoms with Crippen molar-refractivity contribution in [2.45, 2.75) is 18.9 Å². The Kier molecular flexibility index (Phi) is 7.51. The van der Waals surface area contributed by atoms with Crippen LogP contribution in [0.15, 0.2) is 48.5 Å². The minimum Gasteiger partial charge on any atom is -0.497 e. The van der Waals surface area contributed by atoms with Crippen molar-refractivity contribution >= 4 is 0 Å². The first-order valence-electron chi connectivity index (χ1n) is 9.68. The van der Waals surface area contributed by atoms with Crippen molar-refractivity contribution < 1.29 is 23.7 Å². The van der Waals surface area contributed by atoms with Gasteiger partial charge in [-0.05, 0) is 55.8 Å². The molecule has 1 aliphatic heterocycles. The summed E-state index contributed by atoms with van der Waals surface area (Å²) in [5, 5.41) is 10.3. The summed E-state index contributed by atoms with van der Waals surface area (Å²) < 4.78 is 29.6. The van der Waals surface area contributed by atoms with Crippen LogP contribution in [0.5, 0.6) is 17.2 Å². The Labute approximate surface area is 165 Å². The van der Waals surface area contributed by atoms with Crippen LogP contribution >= 0.6 is 0 Å². The number of piperidine rings is 1. The Hall–Kier alpha value is -2.31. The van der Waals surface area contributed by atoms with Gasteiger partial charge in [0.05, 0.1) is 13.7 Å². The van der Waals surface area contributed by atoms with E-state index in [1.807, 2.05) is 18.2 Å². The maximum atomic E-state index is 13.0. The third kappa shape index (κ3) is 6.39. The van der Waals surface area contributed by atoms with Crippen molar-refractivity contribution in [1.82, 2.24) is 4.90 Å². The molecular formula is C22H28FNO4. The van der Waals surface area contributed by atoms with Crippen molar-refractivity contribution in [3.05, 3.63) is 54.3 Å². The van der Waals surface area contributed by atoms with Gasteiger partial charge in [-0.25, -0.2) is 4.39 Å². The zero-order valence-corrected chi connectivity index (χ0v) is 16.2. The van der Waals surface area contributed by atoms with Crippen molar-refractivity contribution in [2.75, 3.05) is 40.0 Å². The van der Waals surface area contributed by atoms with Crippen LogP contribution < -0.4 is 14.2 Å². The monoisotopic (exact) mass is 389 g/mol. The molecule has 0 bridgehead atoms. The van der Waals surface area contributed by atoms with Gasteiger partial charge < -0.3 is 24.2 Å². The zero-order valence-electron chi connectivity index (χ0n) is 16.2. The summed E-state index contributed by atoms with van der Waals surface area (Å²) in [6.07, 6.45) is 1.60. The summed E-state index contributed by atoms with van der Waals surface area (Å²) in [5.41, 5.74) is 0. The number of likely N-dealkylation sites (tertiary alicyclic amines) is 1. The quantitative estimate of drug-likeness (QED) is 0.713. The molecule has 0 aliphatic carbocycles. The number of benzene rings is 2. The third-order valence-electron chi connectivity index (χ3n) is 4.85. The molecule has 0 saturated carbocycles. The van der Waals surface area contributed by atoms with Crippen molar-refractivity contribution in [1.29, 1.82) is 0 Å². The lowest BCUT2D eigenvalue weighted by atomic mass is 9.98. The van der Waals surface area contributed by atoms with Crippen LogP contribution in [0.4, 0.5) is 4.39 Å². The van der Waals surface area contributed by atoms with E-state index in [0.717, 1.165) is 31.7 Å². The molecule has 5 nitrogen and oxygen atoms in total. The molecule has 1 aliphatic rings. The van der Waals surface area contributed by atoms with E-state index in [1.54, 1.807) is 25.3 Å². The van der Waals surface area contributed by atoms with Gasteiger partial charge in [0.15, 0.2) is 0 Å². The first-order valence-corrected chi connectivity index (χ1v) is 9.68. The highest BCUT2D eigenvalue weighted by molar-refractivity contribution is 5.32. The number of hydrogen-bond acceptors (Lipinski definition) is 5. The van der Waals surface area contributed by atoms with Gasteiger partial charge in [-0.1, -0.05) is 6.07 Å². The van der Waals surface area contributed by atoms with Crippen LogP contribution in [0.2, 0.25) is 0 Å². The molecule has 0 amide bonds. The average Bonchev–Trinajstić information content (AvgIpc) is 2.72. The maximum absolute atomic E-state index is 13.0. The van der Waals surface area contributed by atoms with Crippen LogP contribution in [0.25, 0.3) is 0 Å². The standard InChI is InChI=1S/C22H28FNO4/c1-26-21-5-2-6-22(12-21)28-16-19(25)14-24-11-3-4-17(13-24)15-27-20-9-7-18(23)8-10-20/h2,5-10,12,17,19,25H,3-4,11,13-16H2,1H3. The topological polar surface area (TPSA) is 51.2 Å². The fourth-order valence-corrected chi connectivity index (χ4v) is 3.43. The highest BCUT2D eigenvalue weighted by atomic mass is 19.1. The Bertz CT molecular complexity index is 725. The second-order valence-electron chi connectivity index (χ2n) is 7.18. The van der Waals surface area contributed by atoms with E-state index in [-0.39, 0.29) is 12.4 Å². The minimum absolute atomic E-state index is 0.237. The van der Waals surface area contributed by atoms with Crippen molar-refractivity contribution in [2.24, 2.45) is 5.92 Å². The molecule has 0 aromatic heterocycles. The number of ether oxygens (including phenoxy) is 3. The summed E-state index contributed by atoms with van der Waals surface area (Å²) >= 11 is 0. The number of methoxy groups -OCH3 is 1. The second kappa shape index (κ2) is 10.3. The lowest BCUT2D eigenvalue weighted by Crippen LogP contribution is -2.43. The number of rotatable bonds is 9.